The fraction of sp³-hybridized carbons (Fsp3) is 0.684. The molecule has 0 aromatic heterocycles. The van der Waals surface area contributed by atoms with Gasteiger partial charge < -0.3 is 10.2 Å². The molecule has 0 atom stereocenters. The molecule has 1 N–H and O–H groups in total. The highest BCUT2D eigenvalue weighted by atomic mass is 15.1. The fourth-order valence-electron chi connectivity index (χ4n) is 3.14. The highest BCUT2D eigenvalue weighted by Crippen LogP contribution is 2.16. The van der Waals surface area contributed by atoms with Gasteiger partial charge in [0.25, 0.3) is 0 Å². The van der Waals surface area contributed by atoms with E-state index in [4.69, 9.17) is 0 Å². The number of hydrogen-bond acceptors (Lipinski definition) is 2. The van der Waals surface area contributed by atoms with E-state index in [1.807, 2.05) is 0 Å². The van der Waals surface area contributed by atoms with Gasteiger partial charge in [0.05, 0.1) is 0 Å². The molecule has 0 unspecified atom stereocenters. The van der Waals surface area contributed by atoms with Gasteiger partial charge in [0.2, 0.25) is 0 Å². The summed E-state index contributed by atoms with van der Waals surface area (Å²) < 4.78 is 0. The number of nitrogens with one attached hydrogen (secondary N) is 1. The summed E-state index contributed by atoms with van der Waals surface area (Å²) in [6, 6.07) is 9.60. The molecule has 1 aliphatic rings. The summed E-state index contributed by atoms with van der Waals surface area (Å²) in [7, 11) is 0. The second-order valence-corrected chi connectivity index (χ2v) is 6.63. The Morgan fingerprint density at radius 1 is 0.952 bits per heavy atom. The van der Waals surface area contributed by atoms with Crippen molar-refractivity contribution < 1.29 is 0 Å². The van der Waals surface area contributed by atoms with E-state index in [-0.39, 0.29) is 0 Å². The van der Waals surface area contributed by atoms with Crippen LogP contribution >= 0.6 is 0 Å². The summed E-state index contributed by atoms with van der Waals surface area (Å²) in [4.78, 5) is 2.66. The first kappa shape index (κ1) is 16.5. The topological polar surface area (TPSA) is 15.3 Å². The average Bonchev–Trinajstić information content (AvgIpc) is 2.69. The van der Waals surface area contributed by atoms with Crippen LogP contribution in [0.1, 0.15) is 50.7 Å². The van der Waals surface area contributed by atoms with Gasteiger partial charge in [-0.25, -0.2) is 0 Å². The van der Waals surface area contributed by atoms with Gasteiger partial charge in [-0.3, -0.25) is 0 Å². The largest absolute Gasteiger partial charge is 0.315 e. The smallest absolute Gasteiger partial charge is 0.00221 e. The summed E-state index contributed by atoms with van der Waals surface area (Å²) >= 11 is 0. The van der Waals surface area contributed by atoms with E-state index in [2.05, 4.69) is 48.3 Å². The van der Waals surface area contributed by atoms with Crippen molar-refractivity contribution in [1.29, 1.82) is 0 Å². The van der Waals surface area contributed by atoms with Crippen molar-refractivity contribution in [3.05, 3.63) is 35.4 Å². The molecule has 1 aromatic carbocycles. The highest BCUT2D eigenvalue weighted by molar-refractivity contribution is 5.28. The average molecular weight is 288 g/mol. The van der Waals surface area contributed by atoms with Crippen LogP contribution in [0.15, 0.2) is 24.3 Å². The van der Waals surface area contributed by atoms with Crippen molar-refractivity contribution in [3.63, 3.8) is 0 Å². The molecule has 1 aromatic rings. The van der Waals surface area contributed by atoms with Gasteiger partial charge in [-0.1, -0.05) is 51.0 Å². The molecular weight excluding hydrogens is 256 g/mol. The second kappa shape index (κ2) is 9.22. The standard InChI is InChI=1S/C19H32N2/c1-17(2)20-13-7-3-4-8-14-21-15-11-18-9-5-6-10-19(18)12-16-21/h5-6,9-10,17,20H,3-4,7-8,11-16H2,1-2H3. The van der Waals surface area contributed by atoms with Crippen molar-refractivity contribution in [3.8, 4) is 0 Å². The van der Waals surface area contributed by atoms with Crippen LogP contribution in [0.2, 0.25) is 0 Å². The maximum absolute atomic E-state index is 3.49. The molecular formula is C19H32N2. The zero-order chi connectivity index (χ0) is 14.9. The lowest BCUT2D eigenvalue weighted by atomic mass is 10.0. The van der Waals surface area contributed by atoms with E-state index in [0.29, 0.717) is 6.04 Å². The van der Waals surface area contributed by atoms with Gasteiger partial charge in [-0.15, -0.1) is 0 Å². The summed E-state index contributed by atoms with van der Waals surface area (Å²) in [6.07, 6.45) is 7.89. The lowest BCUT2D eigenvalue weighted by Gasteiger charge is -2.19. The molecule has 0 saturated carbocycles. The Bertz CT molecular complexity index is 373. The number of unbranched alkanes of at least 4 members (excludes halogenated alkanes) is 3. The zero-order valence-corrected chi connectivity index (χ0v) is 13.9. The molecule has 0 saturated heterocycles. The molecule has 0 aliphatic carbocycles. The second-order valence-electron chi connectivity index (χ2n) is 6.63. The van der Waals surface area contributed by atoms with Crippen LogP contribution in [-0.2, 0) is 12.8 Å². The molecule has 0 spiro atoms. The van der Waals surface area contributed by atoms with Gasteiger partial charge >= 0.3 is 0 Å². The van der Waals surface area contributed by atoms with Crippen LogP contribution in [0.4, 0.5) is 0 Å². The summed E-state index contributed by atoms with van der Waals surface area (Å²) in [5.74, 6) is 0. The molecule has 0 bridgehead atoms. The van der Waals surface area contributed by atoms with Crippen LogP contribution in [0.3, 0.4) is 0 Å². The molecule has 21 heavy (non-hydrogen) atoms. The minimum absolute atomic E-state index is 0.628. The van der Waals surface area contributed by atoms with E-state index in [9.17, 15) is 0 Å². The Balaban J connectivity index is 1.56. The summed E-state index contributed by atoms with van der Waals surface area (Å²) in [5, 5.41) is 3.49. The first-order chi connectivity index (χ1) is 10.3. The Kier molecular flexibility index (Phi) is 7.25. The third-order valence-electron chi connectivity index (χ3n) is 4.47. The molecule has 2 rings (SSSR count). The molecule has 118 valence electrons. The van der Waals surface area contributed by atoms with E-state index >= 15 is 0 Å². The summed E-state index contributed by atoms with van der Waals surface area (Å²) in [6.45, 7) is 9.38. The van der Waals surface area contributed by atoms with Crippen molar-refractivity contribution in [2.24, 2.45) is 0 Å². The lowest BCUT2D eigenvalue weighted by Crippen LogP contribution is -2.27. The van der Waals surface area contributed by atoms with Crippen LogP contribution in [0, 0.1) is 0 Å². The minimum atomic E-state index is 0.628. The number of fused-ring (bicyclic) bond motifs is 1. The molecule has 0 amide bonds. The molecule has 0 fully saturated rings. The molecule has 0 radical (unpaired) electrons. The Hall–Kier alpha value is -0.860. The minimum Gasteiger partial charge on any atom is -0.315 e. The quantitative estimate of drug-likeness (QED) is 0.735. The first-order valence-corrected chi connectivity index (χ1v) is 8.78. The summed E-state index contributed by atoms with van der Waals surface area (Å²) in [5.41, 5.74) is 3.14. The van der Waals surface area contributed by atoms with Gasteiger partial charge in [0.1, 0.15) is 0 Å². The van der Waals surface area contributed by atoms with Crippen LogP contribution in [-0.4, -0.2) is 37.1 Å². The SMILES string of the molecule is CC(C)NCCCCCCN1CCc2ccccc2CC1. The number of hydrogen-bond donors (Lipinski definition) is 1. The first-order valence-electron chi connectivity index (χ1n) is 8.78. The van der Waals surface area contributed by atoms with Gasteiger partial charge in [-0.2, -0.15) is 0 Å². The zero-order valence-electron chi connectivity index (χ0n) is 13.9. The molecule has 1 aliphatic heterocycles. The van der Waals surface area contributed by atoms with E-state index in [0.717, 1.165) is 0 Å². The Morgan fingerprint density at radius 2 is 1.57 bits per heavy atom. The lowest BCUT2D eigenvalue weighted by molar-refractivity contribution is 0.280. The maximum Gasteiger partial charge on any atom is 0.00221 e. The third kappa shape index (κ3) is 6.19. The van der Waals surface area contributed by atoms with Crippen molar-refractivity contribution in [2.75, 3.05) is 26.2 Å². The van der Waals surface area contributed by atoms with E-state index < -0.39 is 0 Å². The van der Waals surface area contributed by atoms with Gasteiger partial charge in [0.15, 0.2) is 0 Å². The van der Waals surface area contributed by atoms with Crippen molar-refractivity contribution in [1.82, 2.24) is 10.2 Å². The maximum atomic E-state index is 3.49. The molecule has 2 nitrogen and oxygen atoms in total. The van der Waals surface area contributed by atoms with Gasteiger partial charge in [0, 0.05) is 19.1 Å². The highest BCUT2D eigenvalue weighted by Gasteiger charge is 2.12. The van der Waals surface area contributed by atoms with Gasteiger partial charge in [-0.05, 0) is 49.9 Å². The predicted octanol–water partition coefficient (Wildman–Crippen LogP) is 3.65. The Labute approximate surface area is 130 Å². The predicted molar refractivity (Wildman–Crippen MR) is 91.9 cm³/mol. The number of benzene rings is 1. The monoisotopic (exact) mass is 288 g/mol. The van der Waals surface area contributed by atoms with Crippen LogP contribution < -0.4 is 5.32 Å². The van der Waals surface area contributed by atoms with E-state index in [1.165, 1.54) is 64.7 Å². The Morgan fingerprint density at radius 3 is 2.19 bits per heavy atom. The number of nitrogens with zero attached hydrogens (tertiary/aromatic N) is 1. The third-order valence-corrected chi connectivity index (χ3v) is 4.47. The van der Waals surface area contributed by atoms with Crippen LogP contribution in [0.25, 0.3) is 0 Å². The van der Waals surface area contributed by atoms with E-state index in [1.54, 1.807) is 11.1 Å². The fourth-order valence-corrected chi connectivity index (χ4v) is 3.14. The molecule has 1 heterocycles. The molecule has 2 heteroatoms. The van der Waals surface area contributed by atoms with Crippen molar-refractivity contribution >= 4 is 0 Å². The normalized spacial score (nSPS) is 16.0. The van der Waals surface area contributed by atoms with Crippen molar-refractivity contribution in [2.45, 2.75) is 58.4 Å². The number of rotatable bonds is 8. The van der Waals surface area contributed by atoms with Crippen LogP contribution in [0.5, 0.6) is 0 Å².